The van der Waals surface area contributed by atoms with E-state index in [0.717, 1.165) is 19.3 Å². The number of amides is 1. The van der Waals surface area contributed by atoms with Crippen molar-refractivity contribution in [2.75, 3.05) is 0 Å². The smallest absolute Gasteiger partial charge is 0.308 e. The lowest BCUT2D eigenvalue weighted by Gasteiger charge is -2.29. The highest BCUT2D eigenvalue weighted by Gasteiger charge is 2.31. The van der Waals surface area contributed by atoms with Crippen LogP contribution in [-0.2, 0) is 4.79 Å². The summed E-state index contributed by atoms with van der Waals surface area (Å²) in [6.45, 7) is 4.21. The van der Waals surface area contributed by atoms with Crippen molar-refractivity contribution in [1.29, 1.82) is 0 Å². The van der Waals surface area contributed by atoms with Gasteiger partial charge in [-0.25, -0.2) is 0 Å². The molecule has 2 atom stereocenters. The second-order valence-corrected chi connectivity index (χ2v) is 6.09. The average Bonchev–Trinajstić information content (AvgIpc) is 2.47. The quantitative estimate of drug-likeness (QED) is 0.894. The Kier molecular flexibility index (Phi) is 4.99. The molecule has 4 nitrogen and oxygen atoms in total. The molecule has 1 aliphatic rings. The fourth-order valence-electron chi connectivity index (χ4n) is 2.87. The van der Waals surface area contributed by atoms with Gasteiger partial charge in [0.15, 0.2) is 0 Å². The van der Waals surface area contributed by atoms with Crippen LogP contribution in [0.3, 0.4) is 0 Å². The van der Waals surface area contributed by atoms with E-state index < -0.39 is 11.9 Å². The van der Waals surface area contributed by atoms with Crippen molar-refractivity contribution in [2.24, 2.45) is 5.92 Å². The Hall–Kier alpha value is -1.84. The van der Waals surface area contributed by atoms with E-state index in [1.54, 1.807) is 0 Å². The van der Waals surface area contributed by atoms with Crippen LogP contribution in [0.2, 0.25) is 0 Å². The lowest BCUT2D eigenvalue weighted by Crippen LogP contribution is -2.45. The molecule has 2 rings (SSSR count). The minimum atomic E-state index is -0.810. The van der Waals surface area contributed by atoms with Gasteiger partial charge in [-0.15, -0.1) is 0 Å². The lowest BCUT2D eigenvalue weighted by molar-refractivity contribution is -0.143. The van der Waals surface area contributed by atoms with Gasteiger partial charge in [0.05, 0.1) is 5.92 Å². The van der Waals surface area contributed by atoms with E-state index in [1.807, 2.05) is 24.3 Å². The fraction of sp³-hybridized carbons (Fsp3) is 0.529. The van der Waals surface area contributed by atoms with Crippen LogP contribution in [0.25, 0.3) is 0 Å². The molecular weight excluding hydrogens is 266 g/mol. The number of carboxylic acid groups (broad SMARTS) is 1. The van der Waals surface area contributed by atoms with Crippen molar-refractivity contribution < 1.29 is 14.7 Å². The van der Waals surface area contributed by atoms with Gasteiger partial charge in [0, 0.05) is 11.6 Å². The molecule has 1 aromatic carbocycles. The SMILES string of the molecule is CC(C)c1ccc(C(=O)NC2CCCCC2C(=O)O)cc1. The molecule has 1 aliphatic carbocycles. The van der Waals surface area contributed by atoms with E-state index in [9.17, 15) is 14.7 Å². The topological polar surface area (TPSA) is 66.4 Å². The van der Waals surface area contributed by atoms with Gasteiger partial charge in [0.2, 0.25) is 0 Å². The Bertz CT molecular complexity index is 507. The van der Waals surface area contributed by atoms with Gasteiger partial charge in [0.1, 0.15) is 0 Å². The second kappa shape index (κ2) is 6.74. The molecule has 114 valence electrons. The number of hydrogen-bond acceptors (Lipinski definition) is 2. The summed E-state index contributed by atoms with van der Waals surface area (Å²) < 4.78 is 0. The summed E-state index contributed by atoms with van der Waals surface area (Å²) in [5.41, 5.74) is 1.78. The molecule has 2 N–H and O–H groups in total. The van der Waals surface area contributed by atoms with Crippen molar-refractivity contribution in [2.45, 2.75) is 51.5 Å². The zero-order valence-electron chi connectivity index (χ0n) is 12.6. The average molecular weight is 289 g/mol. The van der Waals surface area contributed by atoms with E-state index in [0.29, 0.717) is 17.9 Å². The summed E-state index contributed by atoms with van der Waals surface area (Å²) in [5, 5.41) is 12.1. The van der Waals surface area contributed by atoms with Gasteiger partial charge in [-0.3, -0.25) is 9.59 Å². The predicted octanol–water partition coefficient (Wildman–Crippen LogP) is 3.18. The summed E-state index contributed by atoms with van der Waals surface area (Å²) in [6, 6.07) is 7.27. The molecule has 1 saturated carbocycles. The molecule has 1 fully saturated rings. The van der Waals surface area contributed by atoms with Crippen molar-refractivity contribution in [3.05, 3.63) is 35.4 Å². The third-order valence-corrected chi connectivity index (χ3v) is 4.24. The monoisotopic (exact) mass is 289 g/mol. The van der Waals surface area contributed by atoms with Gasteiger partial charge in [0.25, 0.3) is 5.91 Å². The summed E-state index contributed by atoms with van der Waals surface area (Å²) in [6.07, 6.45) is 3.28. The third-order valence-electron chi connectivity index (χ3n) is 4.24. The first kappa shape index (κ1) is 15.5. The number of benzene rings is 1. The van der Waals surface area contributed by atoms with E-state index in [2.05, 4.69) is 19.2 Å². The highest BCUT2D eigenvalue weighted by Crippen LogP contribution is 2.25. The lowest BCUT2D eigenvalue weighted by atomic mass is 9.84. The standard InChI is InChI=1S/C17H23NO3/c1-11(2)12-7-9-13(10-8-12)16(19)18-15-6-4-3-5-14(15)17(20)21/h7-11,14-15H,3-6H2,1-2H3,(H,18,19)(H,20,21). The molecule has 1 aromatic rings. The number of hydrogen-bond donors (Lipinski definition) is 2. The van der Waals surface area contributed by atoms with Crippen molar-refractivity contribution >= 4 is 11.9 Å². The summed E-state index contributed by atoms with van der Waals surface area (Å²) in [5.74, 6) is -1.02. The maximum Gasteiger partial charge on any atom is 0.308 e. The van der Waals surface area contributed by atoms with Crippen LogP contribution in [0.15, 0.2) is 24.3 Å². The van der Waals surface area contributed by atoms with Gasteiger partial charge in [-0.2, -0.15) is 0 Å². The summed E-state index contributed by atoms with van der Waals surface area (Å²) in [7, 11) is 0. The van der Waals surface area contributed by atoms with Crippen molar-refractivity contribution in [1.82, 2.24) is 5.32 Å². The van der Waals surface area contributed by atoms with E-state index in [-0.39, 0.29) is 11.9 Å². The maximum atomic E-state index is 12.3. The van der Waals surface area contributed by atoms with Crippen LogP contribution < -0.4 is 5.32 Å². The van der Waals surface area contributed by atoms with Crippen LogP contribution in [0.5, 0.6) is 0 Å². The number of carboxylic acids is 1. The molecule has 0 spiro atoms. The highest BCUT2D eigenvalue weighted by atomic mass is 16.4. The van der Waals surface area contributed by atoms with E-state index in [1.165, 1.54) is 5.56 Å². The Morgan fingerprint density at radius 3 is 2.33 bits per heavy atom. The van der Waals surface area contributed by atoms with Crippen LogP contribution >= 0.6 is 0 Å². The van der Waals surface area contributed by atoms with Crippen LogP contribution in [0.1, 0.15) is 61.4 Å². The minimum absolute atomic E-state index is 0.177. The van der Waals surface area contributed by atoms with Crippen LogP contribution in [0.4, 0.5) is 0 Å². The first-order chi connectivity index (χ1) is 9.99. The van der Waals surface area contributed by atoms with Crippen molar-refractivity contribution in [3.8, 4) is 0 Å². The number of nitrogens with one attached hydrogen (secondary N) is 1. The van der Waals surface area contributed by atoms with E-state index in [4.69, 9.17) is 0 Å². The molecule has 0 heterocycles. The maximum absolute atomic E-state index is 12.3. The predicted molar refractivity (Wildman–Crippen MR) is 81.4 cm³/mol. The zero-order chi connectivity index (χ0) is 15.4. The third kappa shape index (κ3) is 3.84. The molecule has 0 bridgehead atoms. The van der Waals surface area contributed by atoms with Gasteiger partial charge >= 0.3 is 5.97 Å². The van der Waals surface area contributed by atoms with Crippen molar-refractivity contribution in [3.63, 3.8) is 0 Å². The minimum Gasteiger partial charge on any atom is -0.481 e. The molecule has 0 radical (unpaired) electrons. The first-order valence-corrected chi connectivity index (χ1v) is 7.62. The fourth-order valence-corrected chi connectivity index (χ4v) is 2.87. The number of rotatable bonds is 4. The highest BCUT2D eigenvalue weighted by molar-refractivity contribution is 5.94. The zero-order valence-corrected chi connectivity index (χ0v) is 12.6. The Labute approximate surface area is 125 Å². The van der Waals surface area contributed by atoms with Crippen LogP contribution in [-0.4, -0.2) is 23.0 Å². The molecule has 2 unspecified atom stereocenters. The molecule has 0 aromatic heterocycles. The normalized spacial score (nSPS) is 22.0. The molecule has 1 amide bonds. The Morgan fingerprint density at radius 1 is 1.14 bits per heavy atom. The summed E-state index contributed by atoms with van der Waals surface area (Å²) >= 11 is 0. The first-order valence-electron chi connectivity index (χ1n) is 7.62. The molecule has 4 heteroatoms. The molecular formula is C17H23NO3. The number of carbonyl (C=O) groups is 2. The summed E-state index contributed by atoms with van der Waals surface area (Å²) in [4.78, 5) is 23.5. The Balaban J connectivity index is 2.04. The molecule has 0 aliphatic heterocycles. The largest absolute Gasteiger partial charge is 0.481 e. The van der Waals surface area contributed by atoms with Gasteiger partial charge in [-0.1, -0.05) is 38.8 Å². The van der Waals surface area contributed by atoms with Gasteiger partial charge < -0.3 is 10.4 Å². The second-order valence-electron chi connectivity index (χ2n) is 6.09. The van der Waals surface area contributed by atoms with Gasteiger partial charge in [-0.05, 0) is 36.5 Å². The Morgan fingerprint density at radius 2 is 1.76 bits per heavy atom. The molecule has 21 heavy (non-hydrogen) atoms. The van der Waals surface area contributed by atoms with Crippen LogP contribution in [0, 0.1) is 5.92 Å². The molecule has 0 saturated heterocycles. The number of carbonyl (C=O) groups excluding carboxylic acids is 1. The van der Waals surface area contributed by atoms with E-state index >= 15 is 0 Å². The number of aliphatic carboxylic acids is 1.